The van der Waals surface area contributed by atoms with Gasteiger partial charge in [-0.3, -0.25) is 4.79 Å². The van der Waals surface area contributed by atoms with Crippen molar-refractivity contribution in [3.63, 3.8) is 0 Å². The molecule has 0 N–H and O–H groups in total. The van der Waals surface area contributed by atoms with Gasteiger partial charge in [-0.25, -0.2) is 0 Å². The minimum Gasteiger partial charge on any atom is -0.489 e. The molecule has 1 atom stereocenters. The lowest BCUT2D eigenvalue weighted by Crippen LogP contribution is -2.41. The number of ether oxygens (including phenoxy) is 2. The fraction of sp³-hybridized carbons (Fsp3) is 0.464. The number of hydrogen-bond donors (Lipinski definition) is 0. The van der Waals surface area contributed by atoms with Crippen molar-refractivity contribution < 1.29 is 14.3 Å². The van der Waals surface area contributed by atoms with E-state index >= 15 is 0 Å². The second-order valence-corrected chi connectivity index (χ2v) is 10.4. The van der Waals surface area contributed by atoms with E-state index in [9.17, 15) is 4.79 Å². The number of halogens is 1. The number of benzene rings is 2. The molecule has 0 fully saturated rings. The molecule has 6 nitrogen and oxygen atoms in total. The number of amides is 1. The van der Waals surface area contributed by atoms with Crippen LogP contribution < -0.4 is 14.4 Å². The Kier molecular flexibility index (Phi) is 7.80. The molecule has 0 saturated carbocycles. The SMILES string of the molecule is CC(C)CN(Cc1cc(Cl)c2c(c1)OCCCO2)C(=O)C(C)CN(C)c1cccc2c1ccn2C. The predicted octanol–water partition coefficient (Wildman–Crippen LogP) is 5.75. The van der Waals surface area contributed by atoms with Gasteiger partial charge >= 0.3 is 0 Å². The summed E-state index contributed by atoms with van der Waals surface area (Å²) in [5, 5.41) is 1.72. The highest BCUT2D eigenvalue weighted by atomic mass is 35.5. The van der Waals surface area contributed by atoms with Gasteiger partial charge in [0.1, 0.15) is 0 Å². The third-order valence-electron chi connectivity index (χ3n) is 6.42. The zero-order valence-corrected chi connectivity index (χ0v) is 22.1. The molecule has 0 bridgehead atoms. The van der Waals surface area contributed by atoms with Gasteiger partial charge in [-0.15, -0.1) is 0 Å². The highest BCUT2D eigenvalue weighted by Crippen LogP contribution is 2.38. The van der Waals surface area contributed by atoms with Crippen molar-refractivity contribution in [2.75, 3.05) is 38.3 Å². The van der Waals surface area contributed by atoms with E-state index in [0.717, 1.165) is 17.7 Å². The zero-order valence-electron chi connectivity index (χ0n) is 21.4. The molecule has 0 aliphatic carbocycles. The normalized spacial score (nSPS) is 14.1. The van der Waals surface area contributed by atoms with Crippen molar-refractivity contribution in [1.29, 1.82) is 0 Å². The number of carbonyl (C=O) groups is 1. The van der Waals surface area contributed by atoms with Crippen LogP contribution in [0.25, 0.3) is 10.9 Å². The molecule has 4 rings (SSSR count). The smallest absolute Gasteiger partial charge is 0.227 e. The van der Waals surface area contributed by atoms with E-state index in [0.29, 0.717) is 55.3 Å². The summed E-state index contributed by atoms with van der Waals surface area (Å²) in [6.45, 7) is 9.25. The average Bonchev–Trinajstić information content (AvgIpc) is 3.03. The van der Waals surface area contributed by atoms with Gasteiger partial charge in [0.2, 0.25) is 5.91 Å². The first kappa shape index (κ1) is 25.2. The first-order chi connectivity index (χ1) is 16.7. The minimum absolute atomic E-state index is 0.133. The Morgan fingerprint density at radius 3 is 2.66 bits per heavy atom. The third kappa shape index (κ3) is 5.69. The molecule has 1 aliphatic heterocycles. The van der Waals surface area contributed by atoms with E-state index in [-0.39, 0.29) is 11.8 Å². The quantitative estimate of drug-likeness (QED) is 0.397. The maximum atomic E-state index is 13.7. The summed E-state index contributed by atoms with van der Waals surface area (Å²) in [6.07, 6.45) is 2.89. The molecule has 0 saturated heterocycles. The molecule has 2 aromatic carbocycles. The molecule has 2 heterocycles. The van der Waals surface area contributed by atoms with Crippen molar-refractivity contribution in [3.8, 4) is 11.5 Å². The Balaban J connectivity index is 1.51. The molecule has 7 heteroatoms. The van der Waals surface area contributed by atoms with Gasteiger partial charge in [0.05, 0.1) is 24.2 Å². The first-order valence-electron chi connectivity index (χ1n) is 12.4. The molecule has 0 radical (unpaired) electrons. The van der Waals surface area contributed by atoms with Gasteiger partial charge in [0.25, 0.3) is 0 Å². The van der Waals surface area contributed by atoms with Gasteiger partial charge in [0.15, 0.2) is 11.5 Å². The summed E-state index contributed by atoms with van der Waals surface area (Å²) < 4.78 is 13.7. The van der Waals surface area contributed by atoms with Gasteiger partial charge in [-0.1, -0.05) is 38.4 Å². The lowest BCUT2D eigenvalue weighted by Gasteiger charge is -2.30. The van der Waals surface area contributed by atoms with Crippen molar-refractivity contribution in [2.24, 2.45) is 18.9 Å². The molecule has 1 amide bonds. The van der Waals surface area contributed by atoms with Crippen molar-refractivity contribution in [2.45, 2.75) is 33.7 Å². The molecule has 1 aromatic heterocycles. The van der Waals surface area contributed by atoms with E-state index in [2.05, 4.69) is 60.8 Å². The number of carbonyl (C=O) groups excluding carboxylic acids is 1. The Bertz CT molecular complexity index is 1190. The molecule has 188 valence electrons. The number of nitrogens with zero attached hydrogens (tertiary/aromatic N) is 3. The van der Waals surface area contributed by atoms with Crippen LogP contribution in [0.3, 0.4) is 0 Å². The van der Waals surface area contributed by atoms with Crippen molar-refractivity contribution >= 4 is 34.1 Å². The standard InChI is InChI=1S/C28H36ClN3O3/c1-19(2)16-32(18-21-14-23(29)27-26(15-21)34-12-7-13-35-27)28(33)20(3)17-31(5)25-9-6-8-24-22(25)10-11-30(24)4/h6,8-11,14-15,19-20H,7,12-13,16-18H2,1-5H3. The molecule has 1 unspecified atom stereocenters. The predicted molar refractivity (Wildman–Crippen MR) is 143 cm³/mol. The Morgan fingerprint density at radius 2 is 1.89 bits per heavy atom. The molecular formula is C28H36ClN3O3. The molecular weight excluding hydrogens is 462 g/mol. The molecule has 1 aliphatic rings. The number of anilines is 1. The summed E-state index contributed by atoms with van der Waals surface area (Å²) in [6, 6.07) is 12.3. The van der Waals surface area contributed by atoms with E-state index in [4.69, 9.17) is 21.1 Å². The fourth-order valence-corrected chi connectivity index (χ4v) is 5.07. The lowest BCUT2D eigenvalue weighted by atomic mass is 10.1. The summed E-state index contributed by atoms with van der Waals surface area (Å²) >= 11 is 6.52. The Morgan fingerprint density at radius 1 is 1.11 bits per heavy atom. The fourth-order valence-electron chi connectivity index (χ4n) is 4.79. The maximum Gasteiger partial charge on any atom is 0.227 e. The van der Waals surface area contributed by atoms with E-state index in [1.807, 2.05) is 31.0 Å². The maximum absolute atomic E-state index is 13.7. The van der Waals surface area contributed by atoms with Crippen LogP contribution in [0.1, 0.15) is 32.8 Å². The van der Waals surface area contributed by atoms with Crippen LogP contribution in [0.5, 0.6) is 11.5 Å². The number of rotatable bonds is 8. The van der Waals surface area contributed by atoms with Crippen molar-refractivity contribution in [3.05, 3.63) is 53.2 Å². The largest absolute Gasteiger partial charge is 0.489 e. The molecule has 3 aromatic rings. The van der Waals surface area contributed by atoms with Crippen LogP contribution in [0.2, 0.25) is 5.02 Å². The van der Waals surface area contributed by atoms with Gasteiger partial charge < -0.3 is 23.8 Å². The topological polar surface area (TPSA) is 46.9 Å². The summed E-state index contributed by atoms with van der Waals surface area (Å²) in [7, 11) is 4.11. The Labute approximate surface area is 213 Å². The van der Waals surface area contributed by atoms with Crippen LogP contribution in [-0.4, -0.2) is 48.7 Å². The number of aromatic nitrogens is 1. The number of hydrogen-bond acceptors (Lipinski definition) is 4. The zero-order chi connectivity index (χ0) is 25.1. The third-order valence-corrected chi connectivity index (χ3v) is 6.70. The Hall–Kier alpha value is -2.86. The van der Waals surface area contributed by atoms with Gasteiger partial charge in [0, 0.05) is 62.9 Å². The summed E-state index contributed by atoms with van der Waals surface area (Å²) in [5.41, 5.74) is 3.26. The van der Waals surface area contributed by atoms with E-state index in [1.165, 1.54) is 10.9 Å². The summed E-state index contributed by atoms with van der Waals surface area (Å²) in [5.74, 6) is 1.56. The number of fused-ring (bicyclic) bond motifs is 2. The highest BCUT2D eigenvalue weighted by molar-refractivity contribution is 6.32. The monoisotopic (exact) mass is 497 g/mol. The van der Waals surface area contributed by atoms with E-state index in [1.54, 1.807) is 0 Å². The van der Waals surface area contributed by atoms with Crippen LogP contribution in [-0.2, 0) is 18.4 Å². The van der Waals surface area contributed by atoms with Crippen LogP contribution in [0, 0.1) is 11.8 Å². The average molecular weight is 498 g/mol. The van der Waals surface area contributed by atoms with Crippen LogP contribution >= 0.6 is 11.6 Å². The second-order valence-electron chi connectivity index (χ2n) is 9.99. The van der Waals surface area contributed by atoms with Gasteiger partial charge in [-0.2, -0.15) is 0 Å². The second kappa shape index (κ2) is 10.8. The highest BCUT2D eigenvalue weighted by Gasteiger charge is 2.25. The molecule has 35 heavy (non-hydrogen) atoms. The van der Waals surface area contributed by atoms with Gasteiger partial charge in [-0.05, 0) is 41.8 Å². The van der Waals surface area contributed by atoms with Crippen molar-refractivity contribution in [1.82, 2.24) is 9.47 Å². The first-order valence-corrected chi connectivity index (χ1v) is 12.7. The molecule has 0 spiro atoms. The lowest BCUT2D eigenvalue weighted by molar-refractivity contribution is -0.135. The van der Waals surface area contributed by atoms with E-state index < -0.39 is 0 Å². The van der Waals surface area contributed by atoms with Crippen LogP contribution in [0.15, 0.2) is 42.6 Å². The number of aryl methyl sites for hydroxylation is 1. The minimum atomic E-state index is -0.173. The van der Waals surface area contributed by atoms with Crippen LogP contribution in [0.4, 0.5) is 5.69 Å². The summed E-state index contributed by atoms with van der Waals surface area (Å²) in [4.78, 5) is 17.8.